The van der Waals surface area contributed by atoms with Crippen LogP contribution in [0.25, 0.3) is 16.6 Å². The Balaban J connectivity index is 0.685. The van der Waals surface area contributed by atoms with Crippen molar-refractivity contribution in [2.24, 2.45) is 0 Å². The lowest BCUT2D eigenvalue weighted by Gasteiger charge is -2.32. The number of para-hydroxylation sites is 1. The summed E-state index contributed by atoms with van der Waals surface area (Å²) >= 11 is 0. The zero-order chi connectivity index (χ0) is 45.8. The van der Waals surface area contributed by atoms with Gasteiger partial charge in [0.25, 0.3) is 11.8 Å². The first-order valence-electron chi connectivity index (χ1n) is 22.8. The largest absolute Gasteiger partial charge is 0.490 e. The SMILES string of the molecule is Cc1ncnc2c1c(C1=CC=C(Oc3ccccc3)CC1)nn2C1CCCN(C(=O)/C=C/CCCCOCCOCCOCCOc2cccc3c2C(=O)N(C2CCC(=O)NC2=O)C3=O)C1. The molecule has 5 heterocycles. The van der Waals surface area contributed by atoms with Gasteiger partial charge in [0, 0.05) is 32.5 Å². The molecule has 4 aliphatic rings. The number of amides is 5. The molecule has 346 valence electrons. The number of piperidine rings is 2. The summed E-state index contributed by atoms with van der Waals surface area (Å²) in [5.41, 5.74) is 3.94. The zero-order valence-corrected chi connectivity index (χ0v) is 37.2. The lowest BCUT2D eigenvalue weighted by molar-refractivity contribution is -0.136. The molecule has 0 saturated carbocycles. The fraction of sp³-hybridized carbons (Fsp3) is 0.429. The number of nitrogens with one attached hydrogen (secondary N) is 1. The maximum Gasteiger partial charge on any atom is 0.266 e. The van der Waals surface area contributed by atoms with Crippen LogP contribution in [-0.2, 0) is 28.6 Å². The molecule has 0 spiro atoms. The second-order valence-corrected chi connectivity index (χ2v) is 16.5. The molecule has 0 radical (unpaired) electrons. The van der Waals surface area contributed by atoms with E-state index in [0.29, 0.717) is 46.1 Å². The van der Waals surface area contributed by atoms with E-state index in [9.17, 15) is 24.0 Å². The fourth-order valence-electron chi connectivity index (χ4n) is 8.60. The highest BCUT2D eigenvalue weighted by Gasteiger charge is 2.46. The molecule has 17 nitrogen and oxygen atoms in total. The Morgan fingerprint density at radius 3 is 2.39 bits per heavy atom. The van der Waals surface area contributed by atoms with Crippen LogP contribution in [0.3, 0.4) is 0 Å². The Hall–Kier alpha value is -6.56. The molecule has 2 aromatic heterocycles. The number of nitrogens with zero attached hydrogens (tertiary/aromatic N) is 6. The fourth-order valence-corrected chi connectivity index (χ4v) is 8.60. The van der Waals surface area contributed by atoms with Gasteiger partial charge < -0.3 is 28.6 Å². The molecule has 17 heteroatoms. The number of hydrogen-bond acceptors (Lipinski definition) is 13. The normalized spacial score (nSPS) is 18.7. The minimum absolute atomic E-state index is 0.00100. The van der Waals surface area contributed by atoms with E-state index >= 15 is 0 Å². The van der Waals surface area contributed by atoms with Gasteiger partial charge in [0.05, 0.1) is 67.0 Å². The van der Waals surface area contributed by atoms with E-state index in [1.54, 1.807) is 24.5 Å². The molecule has 1 N–H and O–H groups in total. The molecule has 2 saturated heterocycles. The molecule has 3 aliphatic heterocycles. The zero-order valence-electron chi connectivity index (χ0n) is 37.2. The van der Waals surface area contributed by atoms with Gasteiger partial charge in [-0.25, -0.2) is 14.6 Å². The van der Waals surface area contributed by atoms with E-state index < -0.39 is 29.7 Å². The molecule has 2 aromatic carbocycles. The van der Waals surface area contributed by atoms with Gasteiger partial charge in [0.1, 0.15) is 36.2 Å². The summed E-state index contributed by atoms with van der Waals surface area (Å²) in [6.07, 6.45) is 15.3. The molecule has 4 aromatic rings. The first-order chi connectivity index (χ1) is 32.3. The van der Waals surface area contributed by atoms with Crippen molar-refractivity contribution in [2.75, 3.05) is 59.3 Å². The Bertz CT molecular complexity index is 2520. The van der Waals surface area contributed by atoms with Crippen molar-refractivity contribution in [3.63, 3.8) is 0 Å². The van der Waals surface area contributed by atoms with Crippen LogP contribution in [-0.4, -0.2) is 124 Å². The van der Waals surface area contributed by atoms with Crippen LogP contribution in [0, 0.1) is 6.92 Å². The Kier molecular flexibility index (Phi) is 15.4. The topological polar surface area (TPSA) is 194 Å². The van der Waals surface area contributed by atoms with Gasteiger partial charge in [-0.3, -0.25) is 34.2 Å². The van der Waals surface area contributed by atoms with Crippen molar-refractivity contribution in [3.8, 4) is 11.5 Å². The van der Waals surface area contributed by atoms with Crippen molar-refractivity contribution in [3.05, 3.63) is 107 Å². The minimum atomic E-state index is -1.04. The van der Waals surface area contributed by atoms with Crippen molar-refractivity contribution in [2.45, 2.75) is 76.8 Å². The molecule has 66 heavy (non-hydrogen) atoms. The van der Waals surface area contributed by atoms with Crippen molar-refractivity contribution in [1.82, 2.24) is 34.9 Å². The van der Waals surface area contributed by atoms with Crippen molar-refractivity contribution < 1.29 is 47.7 Å². The maximum absolute atomic E-state index is 13.3. The highest BCUT2D eigenvalue weighted by atomic mass is 16.6. The third-order valence-corrected chi connectivity index (χ3v) is 12.0. The highest BCUT2D eigenvalue weighted by Crippen LogP contribution is 2.36. The summed E-state index contributed by atoms with van der Waals surface area (Å²) in [6.45, 7) is 5.78. The third kappa shape index (κ3) is 10.9. The van der Waals surface area contributed by atoms with Crippen LogP contribution in [0.4, 0.5) is 0 Å². The summed E-state index contributed by atoms with van der Waals surface area (Å²) in [4.78, 5) is 75.4. The van der Waals surface area contributed by atoms with Crippen LogP contribution in [0.15, 0.2) is 84.9 Å². The van der Waals surface area contributed by atoms with E-state index in [4.69, 9.17) is 28.8 Å². The van der Waals surface area contributed by atoms with E-state index in [-0.39, 0.29) is 54.9 Å². The highest BCUT2D eigenvalue weighted by molar-refractivity contribution is 6.24. The van der Waals surface area contributed by atoms with Gasteiger partial charge in [0.15, 0.2) is 5.65 Å². The summed E-state index contributed by atoms with van der Waals surface area (Å²) in [5, 5.41) is 8.29. The van der Waals surface area contributed by atoms with Crippen LogP contribution in [0.1, 0.15) is 95.9 Å². The predicted molar refractivity (Wildman–Crippen MR) is 241 cm³/mol. The number of hydrogen-bond donors (Lipinski definition) is 1. The predicted octanol–water partition coefficient (Wildman–Crippen LogP) is 5.69. The number of ether oxygens (including phenoxy) is 5. The number of aryl methyl sites for hydroxylation is 1. The van der Waals surface area contributed by atoms with Crippen LogP contribution in [0.5, 0.6) is 11.5 Å². The molecular weight excluding hydrogens is 847 g/mol. The summed E-state index contributed by atoms with van der Waals surface area (Å²) in [7, 11) is 0. The van der Waals surface area contributed by atoms with Crippen molar-refractivity contribution >= 4 is 46.1 Å². The van der Waals surface area contributed by atoms with E-state index in [1.165, 1.54) is 6.07 Å². The number of aromatic nitrogens is 4. The van der Waals surface area contributed by atoms with Crippen molar-refractivity contribution in [1.29, 1.82) is 0 Å². The number of rotatable bonds is 21. The number of fused-ring (bicyclic) bond motifs is 2. The van der Waals surface area contributed by atoms with E-state index in [2.05, 4.69) is 21.4 Å². The van der Waals surface area contributed by atoms with Gasteiger partial charge in [-0.15, -0.1) is 0 Å². The third-order valence-electron chi connectivity index (χ3n) is 12.0. The molecule has 8 rings (SSSR count). The number of imide groups is 2. The summed E-state index contributed by atoms with van der Waals surface area (Å²) in [5.74, 6) is -0.340. The molecule has 2 atom stereocenters. The Labute approximate surface area is 382 Å². The van der Waals surface area contributed by atoms with E-state index in [0.717, 1.165) is 89.3 Å². The molecular formula is C49H55N7O10. The first-order valence-corrected chi connectivity index (χ1v) is 22.8. The number of carbonyl (C=O) groups is 5. The average Bonchev–Trinajstić information content (AvgIpc) is 3.85. The quantitative estimate of drug-likeness (QED) is 0.0609. The molecule has 1 aliphatic carbocycles. The van der Waals surface area contributed by atoms with Crippen LogP contribution >= 0.6 is 0 Å². The second kappa shape index (κ2) is 22.1. The Morgan fingerprint density at radius 2 is 1.62 bits per heavy atom. The molecule has 0 bridgehead atoms. The summed E-state index contributed by atoms with van der Waals surface area (Å²) < 4.78 is 30.8. The van der Waals surface area contributed by atoms with Gasteiger partial charge >= 0.3 is 0 Å². The number of carbonyl (C=O) groups excluding carboxylic acids is 5. The van der Waals surface area contributed by atoms with Gasteiger partial charge in [-0.1, -0.05) is 36.4 Å². The number of likely N-dealkylation sites (tertiary alicyclic amines) is 1. The molecule has 5 amide bonds. The lowest BCUT2D eigenvalue weighted by Crippen LogP contribution is -2.54. The Morgan fingerprint density at radius 1 is 0.833 bits per heavy atom. The van der Waals surface area contributed by atoms with Gasteiger partial charge in [0.2, 0.25) is 17.7 Å². The smallest absolute Gasteiger partial charge is 0.266 e. The maximum atomic E-state index is 13.3. The number of benzene rings is 2. The van der Waals surface area contributed by atoms with Crippen LogP contribution in [0.2, 0.25) is 0 Å². The number of allylic oxidation sites excluding steroid dienone is 5. The molecule has 2 fully saturated rings. The number of unbranched alkanes of at least 4 members (excludes halogenated alkanes) is 2. The monoisotopic (exact) mass is 901 g/mol. The average molecular weight is 902 g/mol. The standard InChI is InChI=1S/C49H55N7O10/c1-33-43-45(34-17-19-37(20-18-34)66-36-12-5-4-6-13-36)53-56(46(43)51-32-50-33)35-11-10-23-54(31-35)42(58)16-7-2-3-8-24-62-25-26-63-27-28-64-29-30-65-40-15-9-14-38-44(40)49(61)55(48(38)60)39-21-22-41(57)52-47(39)59/h4-7,9,12-17,19,32,35,39H,2-3,8,10-11,18,20-31H2,1H3,(H,52,57,59)/b16-7+. The molecule has 2 unspecified atom stereocenters. The van der Waals surface area contributed by atoms with E-state index in [1.807, 2.05) is 59.0 Å². The first kappa shape index (κ1) is 46.0. The van der Waals surface area contributed by atoms with Gasteiger partial charge in [-0.05, 0) is 93.9 Å². The second-order valence-electron chi connectivity index (χ2n) is 16.5. The summed E-state index contributed by atoms with van der Waals surface area (Å²) in [6, 6.07) is 13.5. The van der Waals surface area contributed by atoms with Gasteiger partial charge in [-0.2, -0.15) is 5.10 Å². The van der Waals surface area contributed by atoms with Crippen LogP contribution < -0.4 is 14.8 Å². The minimum Gasteiger partial charge on any atom is -0.490 e. The lowest BCUT2D eigenvalue weighted by atomic mass is 9.98.